The fraction of sp³-hybridized carbons (Fsp3) is 0.438. The van der Waals surface area contributed by atoms with Crippen LogP contribution in [-0.2, 0) is 0 Å². The highest BCUT2D eigenvalue weighted by Gasteiger charge is 2.22. The number of ether oxygens (including phenoxy) is 1. The summed E-state index contributed by atoms with van der Waals surface area (Å²) in [6.07, 6.45) is 5.24. The van der Waals surface area contributed by atoms with Gasteiger partial charge in [-0.15, -0.1) is 5.10 Å². The molecule has 0 spiro atoms. The minimum Gasteiger partial charge on any atom is -0.432 e. The van der Waals surface area contributed by atoms with Crippen LogP contribution in [0.25, 0.3) is 16.6 Å². The summed E-state index contributed by atoms with van der Waals surface area (Å²) in [5.41, 5.74) is -0.189. The van der Waals surface area contributed by atoms with E-state index in [2.05, 4.69) is 19.8 Å². The van der Waals surface area contributed by atoms with Crippen molar-refractivity contribution in [1.82, 2.24) is 19.6 Å². The second-order valence-corrected chi connectivity index (χ2v) is 6.18. The largest absolute Gasteiger partial charge is 0.432 e. The Labute approximate surface area is 139 Å². The zero-order chi connectivity index (χ0) is 17.6. The van der Waals surface area contributed by atoms with Gasteiger partial charge in [0.15, 0.2) is 23.0 Å². The molecule has 0 amide bonds. The molecule has 132 valence electrons. The highest BCUT2D eigenvalue weighted by atomic mass is 19.3. The van der Waals surface area contributed by atoms with Crippen LogP contribution in [0.15, 0.2) is 16.9 Å². The molecule has 0 saturated heterocycles. The predicted octanol–water partition coefficient (Wildman–Crippen LogP) is 3.36. The van der Waals surface area contributed by atoms with Crippen LogP contribution in [0.1, 0.15) is 43.8 Å². The van der Waals surface area contributed by atoms with Crippen molar-refractivity contribution in [1.29, 1.82) is 0 Å². The van der Waals surface area contributed by atoms with Crippen molar-refractivity contribution in [3.8, 4) is 5.75 Å². The van der Waals surface area contributed by atoms with Gasteiger partial charge in [0, 0.05) is 17.4 Å². The Balaban J connectivity index is 1.88. The molecule has 6 nitrogen and oxygen atoms in total. The highest BCUT2D eigenvalue weighted by molar-refractivity contribution is 5.91. The minimum absolute atomic E-state index is 0.164. The van der Waals surface area contributed by atoms with Crippen molar-refractivity contribution in [2.24, 2.45) is 0 Å². The van der Waals surface area contributed by atoms with Gasteiger partial charge < -0.3 is 9.72 Å². The van der Waals surface area contributed by atoms with Crippen LogP contribution in [0.4, 0.5) is 13.2 Å². The first kappa shape index (κ1) is 15.9. The van der Waals surface area contributed by atoms with Gasteiger partial charge in [0.25, 0.3) is 0 Å². The van der Waals surface area contributed by atoms with Crippen LogP contribution in [-0.4, -0.2) is 26.2 Å². The van der Waals surface area contributed by atoms with Gasteiger partial charge in [-0.25, -0.2) is 14.2 Å². The van der Waals surface area contributed by atoms with Gasteiger partial charge in [0.1, 0.15) is 0 Å². The number of nitrogens with zero attached hydrogens (tertiary/aromatic N) is 3. The second kappa shape index (κ2) is 6.05. The molecular formula is C16H15F3N4O2. The Kier molecular flexibility index (Phi) is 3.85. The van der Waals surface area contributed by atoms with Crippen molar-refractivity contribution < 1.29 is 17.9 Å². The standard InChI is InChI=1S/C16H15F3N4O2/c17-10-6-9-11(7-12(10)25-15(18)19)20-16(24)23-14(9)21-13(22-23)8-4-2-1-3-5-8/h6-8,15H,1-5H2,(H,20,24). The average Bonchev–Trinajstić information content (AvgIpc) is 3.03. The van der Waals surface area contributed by atoms with E-state index in [1.807, 2.05) is 0 Å². The van der Waals surface area contributed by atoms with Gasteiger partial charge in [-0.05, 0) is 18.9 Å². The molecule has 1 N–H and O–H groups in total. The molecule has 9 heteroatoms. The summed E-state index contributed by atoms with van der Waals surface area (Å²) in [7, 11) is 0. The average molecular weight is 352 g/mol. The predicted molar refractivity (Wildman–Crippen MR) is 83.5 cm³/mol. The maximum atomic E-state index is 14.1. The van der Waals surface area contributed by atoms with Gasteiger partial charge >= 0.3 is 12.3 Å². The maximum absolute atomic E-state index is 14.1. The van der Waals surface area contributed by atoms with Gasteiger partial charge in [0.05, 0.1) is 5.52 Å². The van der Waals surface area contributed by atoms with Gasteiger partial charge in [-0.1, -0.05) is 19.3 Å². The van der Waals surface area contributed by atoms with E-state index in [4.69, 9.17) is 0 Å². The van der Waals surface area contributed by atoms with Crippen LogP contribution in [0.2, 0.25) is 0 Å². The molecule has 0 atom stereocenters. The zero-order valence-electron chi connectivity index (χ0n) is 13.1. The van der Waals surface area contributed by atoms with E-state index in [-0.39, 0.29) is 22.5 Å². The summed E-state index contributed by atoms with van der Waals surface area (Å²) in [5, 5.41) is 4.56. The third-order valence-corrected chi connectivity index (χ3v) is 4.56. The summed E-state index contributed by atoms with van der Waals surface area (Å²) < 4.78 is 44.0. The van der Waals surface area contributed by atoms with E-state index in [1.165, 1.54) is 6.42 Å². The summed E-state index contributed by atoms with van der Waals surface area (Å²) in [5.74, 6) is -0.848. The number of H-pyrrole nitrogens is 1. The quantitative estimate of drug-likeness (QED) is 0.785. The zero-order valence-corrected chi connectivity index (χ0v) is 13.1. The fourth-order valence-electron chi connectivity index (χ4n) is 3.37. The van der Waals surface area contributed by atoms with Crippen LogP contribution in [0.3, 0.4) is 0 Å². The van der Waals surface area contributed by atoms with E-state index >= 15 is 0 Å². The van der Waals surface area contributed by atoms with Gasteiger partial charge in [-0.2, -0.15) is 13.3 Å². The van der Waals surface area contributed by atoms with E-state index in [1.54, 1.807) is 0 Å². The van der Waals surface area contributed by atoms with Crippen molar-refractivity contribution in [2.75, 3.05) is 0 Å². The Bertz CT molecular complexity index is 992. The van der Waals surface area contributed by atoms with Crippen molar-refractivity contribution in [3.63, 3.8) is 0 Å². The molecule has 3 aromatic rings. The lowest BCUT2D eigenvalue weighted by Crippen LogP contribution is -2.18. The Morgan fingerprint density at radius 3 is 2.72 bits per heavy atom. The van der Waals surface area contributed by atoms with Crippen LogP contribution in [0, 0.1) is 5.82 Å². The molecule has 0 unspecified atom stereocenters. The summed E-state index contributed by atoms with van der Waals surface area (Å²) in [6, 6.07) is 2.06. The molecule has 4 rings (SSSR count). The maximum Gasteiger partial charge on any atom is 0.387 e. The molecule has 1 aliphatic carbocycles. The first-order chi connectivity index (χ1) is 12.0. The fourth-order valence-corrected chi connectivity index (χ4v) is 3.37. The Morgan fingerprint density at radius 1 is 1.24 bits per heavy atom. The lowest BCUT2D eigenvalue weighted by molar-refractivity contribution is -0.0520. The van der Waals surface area contributed by atoms with Crippen LogP contribution < -0.4 is 10.4 Å². The van der Waals surface area contributed by atoms with Crippen molar-refractivity contribution >= 4 is 16.6 Å². The summed E-state index contributed by atoms with van der Waals surface area (Å²) in [4.78, 5) is 19.2. The lowest BCUT2D eigenvalue weighted by Gasteiger charge is -2.17. The van der Waals surface area contributed by atoms with Crippen LogP contribution in [0.5, 0.6) is 5.75 Å². The smallest absolute Gasteiger partial charge is 0.387 e. The SMILES string of the molecule is O=c1[nH]c2cc(OC(F)F)c(F)cc2c2nc(C3CCCCC3)nn12. The third kappa shape index (κ3) is 2.83. The molecule has 25 heavy (non-hydrogen) atoms. The second-order valence-electron chi connectivity index (χ2n) is 6.18. The number of rotatable bonds is 3. The molecule has 2 heterocycles. The summed E-state index contributed by atoms with van der Waals surface area (Å²) >= 11 is 0. The molecule has 0 bridgehead atoms. The Hall–Kier alpha value is -2.58. The highest BCUT2D eigenvalue weighted by Crippen LogP contribution is 2.32. The number of halogens is 3. The molecule has 1 saturated carbocycles. The molecule has 1 aromatic carbocycles. The first-order valence-electron chi connectivity index (χ1n) is 8.10. The van der Waals surface area contributed by atoms with Crippen LogP contribution >= 0.6 is 0 Å². The topological polar surface area (TPSA) is 72.3 Å². The minimum atomic E-state index is -3.16. The monoisotopic (exact) mass is 352 g/mol. The molecule has 0 radical (unpaired) electrons. The van der Waals surface area contributed by atoms with E-state index in [0.717, 1.165) is 42.3 Å². The Morgan fingerprint density at radius 2 is 2.00 bits per heavy atom. The third-order valence-electron chi connectivity index (χ3n) is 4.56. The number of hydrogen-bond donors (Lipinski definition) is 1. The van der Waals surface area contributed by atoms with E-state index < -0.39 is 23.9 Å². The number of alkyl halides is 2. The number of aromatic amines is 1. The normalized spacial score (nSPS) is 16.2. The molecular weight excluding hydrogens is 337 g/mol. The number of benzene rings is 1. The van der Waals surface area contributed by atoms with E-state index in [9.17, 15) is 18.0 Å². The number of nitrogens with one attached hydrogen (secondary N) is 1. The molecule has 0 aliphatic heterocycles. The number of aromatic nitrogens is 4. The lowest BCUT2D eigenvalue weighted by atomic mass is 9.89. The van der Waals surface area contributed by atoms with Crippen molar-refractivity contribution in [3.05, 3.63) is 34.3 Å². The molecule has 2 aromatic heterocycles. The van der Waals surface area contributed by atoms with Crippen molar-refractivity contribution in [2.45, 2.75) is 44.6 Å². The van der Waals surface area contributed by atoms with Gasteiger partial charge in [-0.3, -0.25) is 0 Å². The number of fused-ring (bicyclic) bond motifs is 3. The van der Waals surface area contributed by atoms with E-state index in [0.29, 0.717) is 5.82 Å². The first-order valence-corrected chi connectivity index (χ1v) is 8.10. The molecule has 1 aliphatic rings. The summed E-state index contributed by atoms with van der Waals surface area (Å²) in [6.45, 7) is -3.16. The van der Waals surface area contributed by atoms with Gasteiger partial charge in [0.2, 0.25) is 0 Å². The number of hydrogen-bond acceptors (Lipinski definition) is 4. The molecule has 1 fully saturated rings.